The number of nitrogens with one attached hydrogen (secondary N) is 1. The molecule has 0 aliphatic heterocycles. The molecule has 1 aromatic rings. The summed E-state index contributed by atoms with van der Waals surface area (Å²) in [6.07, 6.45) is 1.77. The predicted octanol–water partition coefficient (Wildman–Crippen LogP) is 2.26. The van der Waals surface area contributed by atoms with Crippen molar-refractivity contribution in [2.75, 3.05) is 0 Å². The lowest BCUT2D eigenvalue weighted by atomic mass is 10.2. The van der Waals surface area contributed by atoms with E-state index in [1.54, 1.807) is 18.2 Å². The lowest BCUT2D eigenvalue weighted by Crippen LogP contribution is -2.35. The highest BCUT2D eigenvalue weighted by Crippen LogP contribution is 2.23. The SMILES string of the molecule is CC(=O)N(/N=C/Cc1c(Cl)cccc1Cl)C(=N)N. The Morgan fingerprint density at radius 1 is 1.50 bits per heavy atom. The molecule has 1 aromatic carbocycles. The van der Waals surface area contributed by atoms with Gasteiger partial charge in [-0.25, -0.2) is 0 Å². The van der Waals surface area contributed by atoms with Crippen molar-refractivity contribution >= 4 is 41.3 Å². The Bertz CT molecular complexity index is 468. The van der Waals surface area contributed by atoms with E-state index >= 15 is 0 Å². The van der Waals surface area contributed by atoms with Gasteiger partial charge in [0.05, 0.1) is 0 Å². The summed E-state index contributed by atoms with van der Waals surface area (Å²) in [4.78, 5) is 11.1. The maximum Gasteiger partial charge on any atom is 0.246 e. The van der Waals surface area contributed by atoms with Gasteiger partial charge in [-0.1, -0.05) is 29.3 Å². The first-order valence-electron chi connectivity index (χ1n) is 5.03. The first-order valence-corrected chi connectivity index (χ1v) is 5.79. The highest BCUT2D eigenvalue weighted by Gasteiger charge is 2.09. The molecule has 96 valence electrons. The minimum atomic E-state index is -0.441. The fourth-order valence-electron chi connectivity index (χ4n) is 1.25. The Hall–Kier alpha value is -1.59. The number of guanidine groups is 1. The first kappa shape index (κ1) is 14.5. The Kier molecular flexibility index (Phi) is 5.12. The van der Waals surface area contributed by atoms with E-state index in [1.165, 1.54) is 13.1 Å². The van der Waals surface area contributed by atoms with Crippen molar-refractivity contribution in [3.05, 3.63) is 33.8 Å². The van der Waals surface area contributed by atoms with Gasteiger partial charge in [0.1, 0.15) is 0 Å². The number of carbonyl (C=O) groups excluding carboxylic acids is 1. The van der Waals surface area contributed by atoms with Crippen LogP contribution < -0.4 is 5.73 Å². The maximum atomic E-state index is 11.1. The predicted molar refractivity (Wildman–Crippen MR) is 73.1 cm³/mol. The normalized spacial score (nSPS) is 10.6. The maximum absolute atomic E-state index is 11.1. The van der Waals surface area contributed by atoms with Crippen molar-refractivity contribution in [1.82, 2.24) is 5.01 Å². The van der Waals surface area contributed by atoms with Crippen molar-refractivity contribution in [1.29, 1.82) is 5.41 Å². The Labute approximate surface area is 115 Å². The Morgan fingerprint density at radius 3 is 2.50 bits per heavy atom. The van der Waals surface area contributed by atoms with Crippen molar-refractivity contribution < 1.29 is 4.79 Å². The van der Waals surface area contributed by atoms with Crippen molar-refractivity contribution in [2.24, 2.45) is 10.8 Å². The number of benzene rings is 1. The van der Waals surface area contributed by atoms with Crippen LogP contribution >= 0.6 is 23.2 Å². The van der Waals surface area contributed by atoms with E-state index < -0.39 is 11.9 Å². The fourth-order valence-corrected chi connectivity index (χ4v) is 1.81. The largest absolute Gasteiger partial charge is 0.368 e. The third-order valence-corrected chi connectivity index (χ3v) is 2.79. The topological polar surface area (TPSA) is 82.5 Å². The van der Waals surface area contributed by atoms with Gasteiger partial charge in [0.2, 0.25) is 11.9 Å². The molecule has 0 fully saturated rings. The summed E-state index contributed by atoms with van der Waals surface area (Å²) in [7, 11) is 0. The number of nitrogens with two attached hydrogens (primary N) is 1. The summed E-state index contributed by atoms with van der Waals surface area (Å²) >= 11 is 12.0. The van der Waals surface area contributed by atoms with Crippen molar-refractivity contribution in [3.8, 4) is 0 Å². The lowest BCUT2D eigenvalue weighted by Gasteiger charge is -2.11. The van der Waals surface area contributed by atoms with Crippen LogP contribution in [-0.4, -0.2) is 23.1 Å². The molecule has 0 atom stereocenters. The van der Waals surface area contributed by atoms with E-state index in [0.29, 0.717) is 22.0 Å². The van der Waals surface area contributed by atoms with Crippen LogP contribution in [0.5, 0.6) is 0 Å². The molecule has 0 radical (unpaired) electrons. The zero-order chi connectivity index (χ0) is 13.7. The highest BCUT2D eigenvalue weighted by atomic mass is 35.5. The monoisotopic (exact) mass is 286 g/mol. The Morgan fingerprint density at radius 2 is 2.06 bits per heavy atom. The molecule has 3 N–H and O–H groups in total. The summed E-state index contributed by atoms with van der Waals surface area (Å²) < 4.78 is 0. The number of nitrogens with zero attached hydrogens (tertiary/aromatic N) is 2. The van der Waals surface area contributed by atoms with Gasteiger partial charge in [-0.15, -0.1) is 0 Å². The molecule has 7 heteroatoms. The lowest BCUT2D eigenvalue weighted by molar-refractivity contribution is -0.125. The third kappa shape index (κ3) is 3.72. The van der Waals surface area contributed by atoms with Crippen LogP contribution in [0.3, 0.4) is 0 Å². The summed E-state index contributed by atoms with van der Waals surface area (Å²) in [5.41, 5.74) is 5.90. The molecule has 0 saturated carbocycles. The number of halogens is 2. The van der Waals surface area contributed by atoms with Gasteiger partial charge in [0.25, 0.3) is 0 Å². The molecule has 0 aliphatic rings. The second-order valence-electron chi connectivity index (χ2n) is 3.42. The average Bonchev–Trinajstić information content (AvgIpc) is 2.26. The Balaban J connectivity index is 2.81. The van der Waals surface area contributed by atoms with E-state index in [9.17, 15) is 4.79 Å². The minimum absolute atomic E-state index is 0.343. The van der Waals surface area contributed by atoms with Crippen LogP contribution in [-0.2, 0) is 11.2 Å². The van der Waals surface area contributed by atoms with Gasteiger partial charge in [0, 0.05) is 29.6 Å². The quantitative estimate of drug-likeness (QED) is 0.508. The molecule has 18 heavy (non-hydrogen) atoms. The molecule has 5 nitrogen and oxygen atoms in total. The second kappa shape index (κ2) is 6.37. The van der Waals surface area contributed by atoms with E-state index in [-0.39, 0.29) is 0 Å². The summed E-state index contributed by atoms with van der Waals surface area (Å²) in [6.45, 7) is 1.27. The molecule has 0 heterocycles. The second-order valence-corrected chi connectivity index (χ2v) is 4.23. The zero-order valence-electron chi connectivity index (χ0n) is 9.65. The fraction of sp³-hybridized carbons (Fsp3) is 0.182. The number of hydrogen-bond acceptors (Lipinski definition) is 3. The smallest absolute Gasteiger partial charge is 0.246 e. The van der Waals surface area contributed by atoms with Crippen molar-refractivity contribution in [3.63, 3.8) is 0 Å². The van der Waals surface area contributed by atoms with E-state index in [1.807, 2.05) is 0 Å². The molecule has 1 rings (SSSR count). The average molecular weight is 287 g/mol. The number of rotatable bonds is 3. The molecule has 0 bridgehead atoms. The van der Waals surface area contributed by atoms with Gasteiger partial charge >= 0.3 is 0 Å². The summed E-state index contributed by atoms with van der Waals surface area (Å²) in [6, 6.07) is 5.16. The highest BCUT2D eigenvalue weighted by molar-refractivity contribution is 6.36. The van der Waals surface area contributed by atoms with E-state index in [2.05, 4.69) is 5.10 Å². The number of carbonyl (C=O) groups is 1. The van der Waals surface area contributed by atoms with Gasteiger partial charge in [0.15, 0.2) is 0 Å². The van der Waals surface area contributed by atoms with Gasteiger partial charge in [-0.3, -0.25) is 10.2 Å². The van der Waals surface area contributed by atoms with Crippen LogP contribution in [0.25, 0.3) is 0 Å². The third-order valence-electron chi connectivity index (χ3n) is 2.08. The molecule has 1 amide bonds. The van der Waals surface area contributed by atoms with Crippen LogP contribution in [0.1, 0.15) is 12.5 Å². The molecule has 0 aliphatic carbocycles. The zero-order valence-corrected chi connectivity index (χ0v) is 11.2. The summed E-state index contributed by atoms with van der Waals surface area (Å²) in [5, 5.41) is 12.8. The standard InChI is InChI=1S/C11H12Cl2N4O/c1-7(18)17(11(14)15)16-6-5-8-9(12)3-2-4-10(8)13/h2-4,6H,5H2,1H3,(H3,14,15)/b16-6+. The van der Waals surface area contributed by atoms with Crippen LogP contribution in [0, 0.1) is 5.41 Å². The number of hydrazone groups is 1. The van der Waals surface area contributed by atoms with Gasteiger partial charge in [-0.2, -0.15) is 10.1 Å². The number of amides is 1. The molecule has 0 saturated heterocycles. The summed E-state index contributed by atoms with van der Waals surface area (Å²) in [5.74, 6) is -0.881. The van der Waals surface area contributed by atoms with Crippen molar-refractivity contribution in [2.45, 2.75) is 13.3 Å². The van der Waals surface area contributed by atoms with Crippen LogP contribution in [0.4, 0.5) is 0 Å². The molecule has 0 unspecified atom stereocenters. The van der Waals surface area contributed by atoms with Crippen LogP contribution in [0.2, 0.25) is 10.0 Å². The first-order chi connectivity index (χ1) is 8.43. The molecular formula is C11H12Cl2N4O. The van der Waals surface area contributed by atoms with Gasteiger partial charge in [-0.05, 0) is 17.7 Å². The molecule has 0 spiro atoms. The number of hydrogen-bond donors (Lipinski definition) is 2. The van der Waals surface area contributed by atoms with Crippen LogP contribution in [0.15, 0.2) is 23.3 Å². The molecular weight excluding hydrogens is 275 g/mol. The van der Waals surface area contributed by atoms with E-state index in [4.69, 9.17) is 34.3 Å². The van der Waals surface area contributed by atoms with E-state index in [0.717, 1.165) is 5.01 Å². The minimum Gasteiger partial charge on any atom is -0.368 e. The molecule has 0 aromatic heterocycles. The van der Waals surface area contributed by atoms with Gasteiger partial charge < -0.3 is 5.73 Å².